The number of carbonyl (C=O) groups excluding carboxylic acids is 1. The van der Waals surface area contributed by atoms with Gasteiger partial charge in [-0.1, -0.05) is 6.07 Å². The molecule has 8 nitrogen and oxygen atoms in total. The van der Waals surface area contributed by atoms with Crippen molar-refractivity contribution in [2.75, 3.05) is 36.5 Å². The van der Waals surface area contributed by atoms with Crippen LogP contribution in [0.4, 0.5) is 11.4 Å². The highest BCUT2D eigenvalue weighted by Gasteiger charge is 2.19. The van der Waals surface area contributed by atoms with Crippen LogP contribution < -0.4 is 10.2 Å². The number of nitrogens with zero attached hydrogens (tertiary/aromatic N) is 2. The molecule has 0 spiro atoms. The van der Waals surface area contributed by atoms with Gasteiger partial charge in [-0.3, -0.25) is 4.79 Å². The summed E-state index contributed by atoms with van der Waals surface area (Å²) < 4.78 is 10.7. The number of hydrogen-bond donors (Lipinski definition) is 3. The zero-order chi connectivity index (χ0) is 20.6. The molecular weight excluding hydrogens is 374 g/mol. The van der Waals surface area contributed by atoms with Crippen LogP contribution in [0, 0.1) is 11.3 Å². The Morgan fingerprint density at radius 2 is 2.07 bits per heavy atom. The van der Waals surface area contributed by atoms with Crippen LogP contribution in [0.1, 0.15) is 41.1 Å². The van der Waals surface area contributed by atoms with Gasteiger partial charge in [0.05, 0.1) is 31.2 Å². The van der Waals surface area contributed by atoms with E-state index in [0.717, 1.165) is 37.2 Å². The minimum atomic E-state index is -0.921. The van der Waals surface area contributed by atoms with Crippen LogP contribution in [0.3, 0.4) is 0 Å². The molecule has 1 aromatic heterocycles. The Bertz CT molecular complexity index is 867. The minimum absolute atomic E-state index is 0.0232. The summed E-state index contributed by atoms with van der Waals surface area (Å²) in [5.74, 6) is -0.284. The summed E-state index contributed by atoms with van der Waals surface area (Å²) in [7, 11) is 0. The zero-order valence-electron chi connectivity index (χ0n) is 16.1. The van der Waals surface area contributed by atoms with E-state index < -0.39 is 12.0 Å². The number of aliphatic hydroxyl groups is 2. The summed E-state index contributed by atoms with van der Waals surface area (Å²) in [6.07, 6.45) is 2.47. The Hall–Kier alpha value is -2.86. The molecule has 3 N–H and O–H groups in total. The number of amides is 1. The number of piperidine rings is 1. The summed E-state index contributed by atoms with van der Waals surface area (Å²) in [6, 6.07) is 10.5. The smallest absolute Gasteiger partial charge is 0.291 e. The Kier molecular flexibility index (Phi) is 7.25. The first-order valence-corrected chi connectivity index (χ1v) is 9.66. The number of furan rings is 1. The molecule has 1 amide bonds. The fourth-order valence-corrected chi connectivity index (χ4v) is 3.25. The second-order valence-electron chi connectivity index (χ2n) is 6.98. The number of rotatable bonds is 8. The molecule has 8 heteroatoms. The highest BCUT2D eigenvalue weighted by Crippen LogP contribution is 2.30. The summed E-state index contributed by atoms with van der Waals surface area (Å²) >= 11 is 0. The van der Waals surface area contributed by atoms with Gasteiger partial charge < -0.3 is 29.6 Å². The summed E-state index contributed by atoms with van der Waals surface area (Å²) in [6.45, 7) is 1.74. The minimum Gasteiger partial charge on any atom is -0.440 e. The van der Waals surface area contributed by atoms with Gasteiger partial charge in [-0.15, -0.1) is 0 Å². The molecule has 154 valence electrons. The van der Waals surface area contributed by atoms with Gasteiger partial charge in [-0.05, 0) is 49.1 Å². The lowest BCUT2D eigenvalue weighted by molar-refractivity contribution is 0.0000368. The number of nitrogens with one attached hydrogen (secondary N) is 1. The van der Waals surface area contributed by atoms with Crippen molar-refractivity contribution in [2.45, 2.75) is 32.0 Å². The van der Waals surface area contributed by atoms with Gasteiger partial charge in [-0.2, -0.15) is 5.26 Å². The predicted octanol–water partition coefficient (Wildman–Crippen LogP) is 2.26. The van der Waals surface area contributed by atoms with E-state index >= 15 is 0 Å². The predicted molar refractivity (Wildman–Crippen MR) is 107 cm³/mol. The Morgan fingerprint density at radius 3 is 2.76 bits per heavy atom. The van der Waals surface area contributed by atoms with E-state index in [0.29, 0.717) is 5.69 Å². The first kappa shape index (κ1) is 20.9. The molecule has 1 unspecified atom stereocenters. The van der Waals surface area contributed by atoms with E-state index in [-0.39, 0.29) is 31.3 Å². The molecule has 1 fully saturated rings. The van der Waals surface area contributed by atoms with Crippen LogP contribution in [-0.2, 0) is 11.3 Å². The second kappa shape index (κ2) is 10.1. The van der Waals surface area contributed by atoms with Crippen LogP contribution >= 0.6 is 0 Å². The van der Waals surface area contributed by atoms with Crippen molar-refractivity contribution in [3.05, 3.63) is 47.4 Å². The number of nitriles is 1. The normalized spacial score (nSPS) is 15.0. The third-order valence-electron chi connectivity index (χ3n) is 4.74. The molecule has 1 aliphatic rings. The number of benzene rings is 1. The molecule has 2 aromatic rings. The molecule has 0 bridgehead atoms. The summed E-state index contributed by atoms with van der Waals surface area (Å²) in [5, 5.41) is 30.0. The standard InChI is InChI=1S/C21H25N3O5/c22-11-17-5-7-20(29-17)21(27)23-18-10-15(13-28-14-16(26)12-25)4-6-19(18)24-8-2-1-3-9-24/h4-7,10,16,25-26H,1-3,8-9,12-14H2,(H,23,27). The maximum atomic E-state index is 12.6. The Labute approximate surface area is 169 Å². The fourth-order valence-electron chi connectivity index (χ4n) is 3.25. The quantitative estimate of drug-likeness (QED) is 0.623. The van der Waals surface area contributed by atoms with Crippen LogP contribution in [0.2, 0.25) is 0 Å². The van der Waals surface area contributed by atoms with E-state index in [1.54, 1.807) is 0 Å². The largest absolute Gasteiger partial charge is 0.440 e. The monoisotopic (exact) mass is 399 g/mol. The van der Waals surface area contributed by atoms with E-state index in [1.807, 2.05) is 24.3 Å². The molecule has 2 heterocycles. The fraction of sp³-hybridized carbons (Fsp3) is 0.429. The number of aliphatic hydroxyl groups excluding tert-OH is 2. The molecule has 0 radical (unpaired) electrons. The van der Waals surface area contributed by atoms with Crippen LogP contribution in [0.5, 0.6) is 0 Å². The van der Waals surface area contributed by atoms with Crippen molar-refractivity contribution in [1.29, 1.82) is 5.26 Å². The molecule has 3 rings (SSSR count). The average molecular weight is 399 g/mol. The maximum Gasteiger partial charge on any atom is 0.291 e. The summed E-state index contributed by atoms with van der Waals surface area (Å²) in [4.78, 5) is 14.8. The number of carbonyl (C=O) groups is 1. The van der Waals surface area contributed by atoms with Crippen molar-refractivity contribution in [3.8, 4) is 6.07 Å². The van der Waals surface area contributed by atoms with Crippen LogP contribution in [0.15, 0.2) is 34.7 Å². The average Bonchev–Trinajstić information content (AvgIpc) is 3.24. The Balaban J connectivity index is 1.78. The van der Waals surface area contributed by atoms with Gasteiger partial charge in [0.1, 0.15) is 12.2 Å². The molecule has 1 aliphatic heterocycles. The van der Waals surface area contributed by atoms with Crippen molar-refractivity contribution < 1.29 is 24.2 Å². The van der Waals surface area contributed by atoms with Gasteiger partial charge >= 0.3 is 0 Å². The number of hydrogen-bond acceptors (Lipinski definition) is 7. The van der Waals surface area contributed by atoms with Gasteiger partial charge in [-0.25, -0.2) is 0 Å². The molecular formula is C21H25N3O5. The molecule has 1 aromatic carbocycles. The number of anilines is 2. The first-order valence-electron chi connectivity index (χ1n) is 9.66. The van der Waals surface area contributed by atoms with Crippen molar-refractivity contribution in [2.24, 2.45) is 0 Å². The highest BCUT2D eigenvalue weighted by molar-refractivity contribution is 6.04. The van der Waals surface area contributed by atoms with Gasteiger partial charge in [0.15, 0.2) is 5.76 Å². The lowest BCUT2D eigenvalue weighted by Gasteiger charge is -2.30. The molecule has 0 aliphatic carbocycles. The van der Waals surface area contributed by atoms with E-state index in [1.165, 1.54) is 18.6 Å². The third-order valence-corrected chi connectivity index (χ3v) is 4.74. The summed E-state index contributed by atoms with van der Waals surface area (Å²) in [5.41, 5.74) is 2.38. The van der Waals surface area contributed by atoms with Crippen molar-refractivity contribution in [3.63, 3.8) is 0 Å². The highest BCUT2D eigenvalue weighted by atomic mass is 16.5. The molecule has 29 heavy (non-hydrogen) atoms. The van der Waals surface area contributed by atoms with E-state index in [9.17, 15) is 9.90 Å². The lowest BCUT2D eigenvalue weighted by Crippen LogP contribution is -2.30. The van der Waals surface area contributed by atoms with Crippen LogP contribution in [-0.4, -0.2) is 48.5 Å². The number of ether oxygens (including phenoxy) is 1. The van der Waals surface area contributed by atoms with E-state index in [4.69, 9.17) is 19.5 Å². The molecule has 1 saturated heterocycles. The van der Waals surface area contributed by atoms with Gasteiger partial charge in [0.25, 0.3) is 5.91 Å². The lowest BCUT2D eigenvalue weighted by atomic mass is 10.1. The third kappa shape index (κ3) is 5.57. The molecule has 1 atom stereocenters. The second-order valence-corrected chi connectivity index (χ2v) is 6.98. The first-order chi connectivity index (χ1) is 14.1. The zero-order valence-corrected chi connectivity index (χ0v) is 16.1. The van der Waals surface area contributed by atoms with Crippen molar-refractivity contribution >= 4 is 17.3 Å². The topological polar surface area (TPSA) is 119 Å². The van der Waals surface area contributed by atoms with Crippen LogP contribution in [0.25, 0.3) is 0 Å². The maximum absolute atomic E-state index is 12.6. The van der Waals surface area contributed by atoms with Gasteiger partial charge in [0, 0.05) is 13.1 Å². The van der Waals surface area contributed by atoms with E-state index in [2.05, 4.69) is 10.2 Å². The Morgan fingerprint density at radius 1 is 1.28 bits per heavy atom. The molecule has 0 saturated carbocycles. The van der Waals surface area contributed by atoms with Gasteiger partial charge in [0.2, 0.25) is 5.76 Å². The van der Waals surface area contributed by atoms with Crippen molar-refractivity contribution in [1.82, 2.24) is 0 Å². The SMILES string of the molecule is N#Cc1ccc(C(=O)Nc2cc(COCC(O)CO)ccc2N2CCCCC2)o1.